The lowest BCUT2D eigenvalue weighted by atomic mass is 9.97. The molecule has 1 N–H and O–H groups in total. The Hall–Kier alpha value is -1.02. The molecule has 1 fully saturated rings. The summed E-state index contributed by atoms with van der Waals surface area (Å²) in [6.07, 6.45) is 3.79. The van der Waals surface area contributed by atoms with Gasteiger partial charge in [0, 0.05) is 0 Å². The molecule has 1 aromatic carbocycles. The molecular formula is C15H23NO. The van der Waals surface area contributed by atoms with E-state index in [-0.39, 0.29) is 0 Å². The molecule has 1 aromatic rings. The molecule has 0 saturated carbocycles. The Labute approximate surface area is 104 Å². The molecule has 2 nitrogen and oxygen atoms in total. The highest BCUT2D eigenvalue weighted by Gasteiger charge is 2.17. The molecule has 1 heterocycles. The standard InChI is InChI=1S/C15H23NO/c1-3-12(2)14-6-4-5-7-15(14)17-13-8-10-16-11-9-13/h4-7,12-13,16H,3,8-11H2,1-2H3. The second kappa shape index (κ2) is 6.06. The maximum atomic E-state index is 6.17. The third-order valence-corrected chi connectivity index (χ3v) is 3.64. The van der Waals surface area contributed by atoms with Crippen LogP contribution in [0.4, 0.5) is 0 Å². The van der Waals surface area contributed by atoms with E-state index >= 15 is 0 Å². The van der Waals surface area contributed by atoms with Gasteiger partial charge in [-0.25, -0.2) is 0 Å². The number of hydrogen-bond acceptors (Lipinski definition) is 2. The Kier molecular flexibility index (Phi) is 4.43. The van der Waals surface area contributed by atoms with E-state index in [0.717, 1.165) is 38.1 Å². The second-order valence-electron chi connectivity index (χ2n) is 4.91. The van der Waals surface area contributed by atoms with Gasteiger partial charge in [0.1, 0.15) is 11.9 Å². The minimum atomic E-state index is 0.390. The van der Waals surface area contributed by atoms with Crippen LogP contribution < -0.4 is 10.1 Å². The Morgan fingerprint density at radius 2 is 2.00 bits per heavy atom. The summed E-state index contributed by atoms with van der Waals surface area (Å²) in [7, 11) is 0. The van der Waals surface area contributed by atoms with Crippen molar-refractivity contribution in [2.75, 3.05) is 13.1 Å². The summed E-state index contributed by atoms with van der Waals surface area (Å²) in [5.41, 5.74) is 1.36. The first-order valence-electron chi connectivity index (χ1n) is 6.77. The van der Waals surface area contributed by atoms with Crippen molar-refractivity contribution in [1.29, 1.82) is 0 Å². The molecule has 0 amide bonds. The van der Waals surface area contributed by atoms with Gasteiger partial charge in [0.15, 0.2) is 0 Å². The number of ether oxygens (including phenoxy) is 1. The number of rotatable bonds is 4. The fraction of sp³-hybridized carbons (Fsp3) is 0.600. The van der Waals surface area contributed by atoms with Crippen molar-refractivity contribution in [3.8, 4) is 5.75 Å². The van der Waals surface area contributed by atoms with E-state index in [4.69, 9.17) is 4.74 Å². The number of piperidine rings is 1. The van der Waals surface area contributed by atoms with E-state index in [1.165, 1.54) is 5.56 Å². The lowest BCUT2D eigenvalue weighted by Crippen LogP contribution is -2.34. The second-order valence-corrected chi connectivity index (χ2v) is 4.91. The highest BCUT2D eigenvalue weighted by molar-refractivity contribution is 5.36. The minimum Gasteiger partial charge on any atom is -0.490 e. The third-order valence-electron chi connectivity index (χ3n) is 3.64. The summed E-state index contributed by atoms with van der Waals surface area (Å²) in [6, 6.07) is 8.49. The van der Waals surface area contributed by atoms with Gasteiger partial charge in [0.2, 0.25) is 0 Å². The van der Waals surface area contributed by atoms with Crippen LogP contribution in [-0.4, -0.2) is 19.2 Å². The zero-order chi connectivity index (χ0) is 12.1. The van der Waals surface area contributed by atoms with E-state index in [1.807, 2.05) is 0 Å². The van der Waals surface area contributed by atoms with Gasteiger partial charge in [0.05, 0.1) is 0 Å². The van der Waals surface area contributed by atoms with Crippen LogP contribution in [0.5, 0.6) is 5.75 Å². The average molecular weight is 233 g/mol. The van der Waals surface area contributed by atoms with Gasteiger partial charge >= 0.3 is 0 Å². The van der Waals surface area contributed by atoms with Crippen LogP contribution in [0.1, 0.15) is 44.6 Å². The fourth-order valence-corrected chi connectivity index (χ4v) is 2.31. The van der Waals surface area contributed by atoms with Crippen molar-refractivity contribution in [1.82, 2.24) is 5.32 Å². The molecule has 0 aliphatic carbocycles. The molecule has 1 atom stereocenters. The average Bonchev–Trinajstić information content (AvgIpc) is 2.40. The monoisotopic (exact) mass is 233 g/mol. The zero-order valence-corrected chi connectivity index (χ0v) is 10.9. The molecule has 0 radical (unpaired) electrons. The molecule has 1 aliphatic heterocycles. The van der Waals surface area contributed by atoms with E-state index in [0.29, 0.717) is 12.0 Å². The first kappa shape index (κ1) is 12.4. The van der Waals surface area contributed by atoms with Gasteiger partial charge in [-0.05, 0) is 49.9 Å². The Bertz CT molecular complexity index is 345. The highest BCUT2D eigenvalue weighted by atomic mass is 16.5. The predicted molar refractivity (Wildman–Crippen MR) is 71.7 cm³/mol. The zero-order valence-electron chi connectivity index (χ0n) is 10.9. The molecule has 0 spiro atoms. The Morgan fingerprint density at radius 1 is 1.29 bits per heavy atom. The van der Waals surface area contributed by atoms with Crippen LogP contribution in [0.25, 0.3) is 0 Å². The summed E-state index contributed by atoms with van der Waals surface area (Å²) in [4.78, 5) is 0. The fourth-order valence-electron chi connectivity index (χ4n) is 2.31. The van der Waals surface area contributed by atoms with Gasteiger partial charge in [-0.3, -0.25) is 0 Å². The lowest BCUT2D eigenvalue weighted by molar-refractivity contribution is 0.160. The first-order chi connectivity index (χ1) is 8.31. The first-order valence-corrected chi connectivity index (χ1v) is 6.77. The van der Waals surface area contributed by atoms with Crippen molar-refractivity contribution < 1.29 is 4.74 Å². The molecule has 0 bridgehead atoms. The quantitative estimate of drug-likeness (QED) is 0.861. The van der Waals surface area contributed by atoms with Gasteiger partial charge in [-0.15, -0.1) is 0 Å². The predicted octanol–water partition coefficient (Wildman–Crippen LogP) is 3.33. The van der Waals surface area contributed by atoms with Crippen LogP contribution >= 0.6 is 0 Å². The molecule has 0 aromatic heterocycles. The normalized spacial score (nSPS) is 18.9. The van der Waals surface area contributed by atoms with Gasteiger partial charge in [0.25, 0.3) is 0 Å². The van der Waals surface area contributed by atoms with Crippen molar-refractivity contribution >= 4 is 0 Å². The molecule has 1 aliphatic rings. The van der Waals surface area contributed by atoms with E-state index < -0.39 is 0 Å². The molecule has 2 rings (SSSR count). The van der Waals surface area contributed by atoms with Crippen LogP contribution in [-0.2, 0) is 0 Å². The smallest absolute Gasteiger partial charge is 0.123 e. The number of nitrogens with one attached hydrogen (secondary N) is 1. The summed E-state index contributed by atoms with van der Waals surface area (Å²) < 4.78 is 6.17. The summed E-state index contributed by atoms with van der Waals surface area (Å²) in [5.74, 6) is 1.67. The number of benzene rings is 1. The molecule has 94 valence electrons. The molecule has 1 unspecified atom stereocenters. The molecule has 2 heteroatoms. The number of para-hydroxylation sites is 1. The maximum Gasteiger partial charge on any atom is 0.123 e. The summed E-state index contributed by atoms with van der Waals surface area (Å²) >= 11 is 0. The Balaban J connectivity index is 2.08. The van der Waals surface area contributed by atoms with E-state index in [9.17, 15) is 0 Å². The highest BCUT2D eigenvalue weighted by Crippen LogP contribution is 2.29. The summed E-state index contributed by atoms with van der Waals surface area (Å²) in [5, 5.41) is 3.37. The van der Waals surface area contributed by atoms with E-state index in [1.54, 1.807) is 0 Å². The van der Waals surface area contributed by atoms with Crippen molar-refractivity contribution in [2.24, 2.45) is 0 Å². The molecular weight excluding hydrogens is 210 g/mol. The van der Waals surface area contributed by atoms with Crippen molar-refractivity contribution in [2.45, 2.75) is 45.1 Å². The van der Waals surface area contributed by atoms with Crippen LogP contribution in [0, 0.1) is 0 Å². The largest absolute Gasteiger partial charge is 0.490 e. The van der Waals surface area contributed by atoms with E-state index in [2.05, 4.69) is 43.4 Å². The maximum absolute atomic E-state index is 6.17. The Morgan fingerprint density at radius 3 is 2.71 bits per heavy atom. The third kappa shape index (κ3) is 3.22. The molecule has 1 saturated heterocycles. The van der Waals surface area contributed by atoms with Crippen molar-refractivity contribution in [3.63, 3.8) is 0 Å². The molecule has 17 heavy (non-hydrogen) atoms. The van der Waals surface area contributed by atoms with Crippen LogP contribution in [0.3, 0.4) is 0 Å². The summed E-state index contributed by atoms with van der Waals surface area (Å²) in [6.45, 7) is 6.66. The number of hydrogen-bond donors (Lipinski definition) is 1. The van der Waals surface area contributed by atoms with Crippen LogP contribution in [0.2, 0.25) is 0 Å². The van der Waals surface area contributed by atoms with Gasteiger partial charge in [-0.2, -0.15) is 0 Å². The topological polar surface area (TPSA) is 21.3 Å². The SMILES string of the molecule is CCC(C)c1ccccc1OC1CCNCC1. The minimum absolute atomic E-state index is 0.390. The van der Waals surface area contributed by atoms with Crippen LogP contribution in [0.15, 0.2) is 24.3 Å². The van der Waals surface area contributed by atoms with Gasteiger partial charge in [-0.1, -0.05) is 32.0 Å². The lowest BCUT2D eigenvalue weighted by Gasteiger charge is -2.26. The van der Waals surface area contributed by atoms with Gasteiger partial charge < -0.3 is 10.1 Å². The van der Waals surface area contributed by atoms with Crippen molar-refractivity contribution in [3.05, 3.63) is 29.8 Å².